The van der Waals surface area contributed by atoms with Gasteiger partial charge in [-0.15, -0.1) is 11.3 Å². The van der Waals surface area contributed by atoms with Gasteiger partial charge in [0.15, 0.2) is 5.78 Å². The molecule has 7 nitrogen and oxygen atoms in total. The Kier molecular flexibility index (Phi) is 4.44. The predicted octanol–water partition coefficient (Wildman–Crippen LogP) is 2.82. The van der Waals surface area contributed by atoms with Gasteiger partial charge in [-0.3, -0.25) is 14.4 Å². The molecule has 0 bridgehead atoms. The minimum atomic E-state index is -1.07. The third kappa shape index (κ3) is 2.95. The Bertz CT molecular complexity index is 845. The predicted molar refractivity (Wildman–Crippen MR) is 85.0 cm³/mol. The van der Waals surface area contributed by atoms with E-state index in [0.29, 0.717) is 15.0 Å². The molecule has 0 N–H and O–H groups in total. The number of urea groups is 1. The molecule has 1 aliphatic heterocycles. The molecule has 0 saturated carbocycles. The van der Waals surface area contributed by atoms with Gasteiger partial charge in [0, 0.05) is 0 Å². The van der Waals surface area contributed by atoms with Crippen molar-refractivity contribution in [3.8, 4) is 0 Å². The van der Waals surface area contributed by atoms with Crippen LogP contribution in [0.25, 0.3) is 0 Å². The number of carbonyl (C=O) groups is 4. The number of hydrogen-bond donors (Lipinski definition) is 0. The lowest BCUT2D eigenvalue weighted by Gasteiger charge is -2.13. The first-order valence-electron chi connectivity index (χ1n) is 6.56. The number of rotatable bonds is 5. The fourth-order valence-corrected chi connectivity index (χ4v) is 3.65. The molecule has 4 amide bonds. The van der Waals surface area contributed by atoms with Crippen LogP contribution < -0.4 is 0 Å². The van der Waals surface area contributed by atoms with Gasteiger partial charge in [0.1, 0.15) is 10.1 Å². The van der Waals surface area contributed by atoms with Crippen LogP contribution >= 0.6 is 34.5 Å². The zero-order chi connectivity index (χ0) is 17.4. The highest BCUT2D eigenvalue weighted by Crippen LogP contribution is 2.31. The fraction of sp³-hybridized carbons (Fsp3) is 0.143. The highest BCUT2D eigenvalue weighted by molar-refractivity contribution is 7.20. The van der Waals surface area contributed by atoms with Gasteiger partial charge in [0.25, 0.3) is 0 Å². The molecule has 1 saturated heterocycles. The highest BCUT2D eigenvalue weighted by Gasteiger charge is 2.45. The maximum absolute atomic E-state index is 12.3. The molecule has 0 atom stereocenters. The Morgan fingerprint density at radius 3 is 2.46 bits per heavy atom. The quantitative estimate of drug-likeness (QED) is 0.447. The van der Waals surface area contributed by atoms with Crippen LogP contribution in [0.3, 0.4) is 0 Å². The molecule has 1 aliphatic rings. The van der Waals surface area contributed by atoms with Gasteiger partial charge >= 0.3 is 17.8 Å². The molecule has 24 heavy (non-hydrogen) atoms. The number of hydrogen-bond acceptors (Lipinski definition) is 6. The summed E-state index contributed by atoms with van der Waals surface area (Å²) in [4.78, 5) is 49.7. The van der Waals surface area contributed by atoms with E-state index in [1.165, 1.54) is 12.3 Å². The number of amides is 4. The number of Topliss-reactive ketones (excluding diaryl/α,β-unsaturated/α-hetero) is 1. The third-order valence-corrected chi connectivity index (χ3v) is 4.78. The highest BCUT2D eigenvalue weighted by atomic mass is 35.5. The minimum absolute atomic E-state index is 0.101. The smallest absolute Gasteiger partial charge is 0.335 e. The summed E-state index contributed by atoms with van der Waals surface area (Å²) in [7, 11) is 0. The second-order valence-corrected chi connectivity index (χ2v) is 7.09. The van der Waals surface area contributed by atoms with E-state index in [2.05, 4.69) is 0 Å². The van der Waals surface area contributed by atoms with Gasteiger partial charge in [-0.2, -0.15) is 0 Å². The van der Waals surface area contributed by atoms with Crippen LogP contribution in [0.5, 0.6) is 0 Å². The van der Waals surface area contributed by atoms with Crippen molar-refractivity contribution >= 4 is 58.2 Å². The summed E-state index contributed by atoms with van der Waals surface area (Å²) in [5.41, 5.74) is 0.101. The third-order valence-electron chi connectivity index (χ3n) is 3.29. The summed E-state index contributed by atoms with van der Waals surface area (Å²) in [6.45, 7) is -0.781. The summed E-state index contributed by atoms with van der Waals surface area (Å²) in [6, 6.07) is 3.62. The van der Waals surface area contributed by atoms with Crippen molar-refractivity contribution in [2.45, 2.75) is 6.54 Å². The summed E-state index contributed by atoms with van der Waals surface area (Å²) in [5, 5.41) is 0. The van der Waals surface area contributed by atoms with Crippen LogP contribution in [0.4, 0.5) is 4.79 Å². The van der Waals surface area contributed by atoms with Gasteiger partial charge in [-0.1, -0.05) is 23.2 Å². The van der Waals surface area contributed by atoms with Crippen molar-refractivity contribution in [3.05, 3.63) is 44.5 Å². The van der Waals surface area contributed by atoms with Crippen LogP contribution in [-0.2, 0) is 16.1 Å². The van der Waals surface area contributed by atoms with Crippen molar-refractivity contribution < 1.29 is 23.6 Å². The van der Waals surface area contributed by atoms with E-state index >= 15 is 0 Å². The number of furan rings is 1. The molecule has 0 aliphatic carbocycles. The first kappa shape index (κ1) is 16.7. The van der Waals surface area contributed by atoms with E-state index < -0.39 is 30.2 Å². The summed E-state index contributed by atoms with van der Waals surface area (Å²) in [5.74, 6) is -2.33. The molecule has 2 aromatic heterocycles. The van der Waals surface area contributed by atoms with Crippen LogP contribution in [-0.4, -0.2) is 40.0 Å². The largest absolute Gasteiger partial charge is 0.467 e. The summed E-state index contributed by atoms with van der Waals surface area (Å²) >= 11 is 12.6. The fourth-order valence-electron chi connectivity index (χ4n) is 2.15. The first-order valence-corrected chi connectivity index (χ1v) is 8.13. The van der Waals surface area contributed by atoms with Crippen LogP contribution in [0, 0.1) is 0 Å². The van der Waals surface area contributed by atoms with Crippen LogP contribution in [0.1, 0.15) is 16.1 Å². The van der Waals surface area contributed by atoms with Crippen molar-refractivity contribution in [1.29, 1.82) is 0 Å². The minimum Gasteiger partial charge on any atom is -0.467 e. The van der Waals surface area contributed by atoms with Gasteiger partial charge in [-0.05, 0) is 18.2 Å². The molecule has 3 rings (SSSR count). The molecule has 3 heterocycles. The molecule has 10 heteroatoms. The van der Waals surface area contributed by atoms with E-state index in [1.54, 1.807) is 12.1 Å². The Morgan fingerprint density at radius 1 is 1.17 bits per heavy atom. The van der Waals surface area contributed by atoms with E-state index in [0.717, 1.165) is 16.2 Å². The zero-order valence-electron chi connectivity index (χ0n) is 11.8. The van der Waals surface area contributed by atoms with Crippen molar-refractivity contribution in [2.75, 3.05) is 6.54 Å². The van der Waals surface area contributed by atoms with E-state index in [9.17, 15) is 19.2 Å². The Hall–Kier alpha value is -2.16. The average molecular weight is 387 g/mol. The van der Waals surface area contributed by atoms with E-state index in [1.807, 2.05) is 0 Å². The molecular weight excluding hydrogens is 379 g/mol. The number of halogens is 2. The monoisotopic (exact) mass is 386 g/mol. The molecular formula is C14H8Cl2N2O5S. The molecule has 124 valence electrons. The molecule has 0 aromatic carbocycles. The second-order valence-electron chi connectivity index (χ2n) is 4.81. The van der Waals surface area contributed by atoms with Gasteiger partial charge in [-0.25, -0.2) is 14.6 Å². The molecule has 1 fully saturated rings. The van der Waals surface area contributed by atoms with E-state index in [-0.39, 0.29) is 16.4 Å². The lowest BCUT2D eigenvalue weighted by molar-refractivity contribution is -0.143. The number of imide groups is 2. The number of thiophene rings is 1. The lowest BCUT2D eigenvalue weighted by atomic mass is 10.2. The molecule has 0 spiro atoms. The number of ketones is 1. The summed E-state index contributed by atoms with van der Waals surface area (Å²) in [6.07, 6.45) is 1.38. The molecule has 2 aromatic rings. The second kappa shape index (κ2) is 6.39. The Balaban J connectivity index is 1.77. The lowest BCUT2D eigenvalue weighted by Crippen LogP contribution is -2.36. The molecule has 0 unspecified atom stereocenters. The van der Waals surface area contributed by atoms with Gasteiger partial charge < -0.3 is 4.42 Å². The van der Waals surface area contributed by atoms with Crippen molar-refractivity contribution in [2.24, 2.45) is 0 Å². The summed E-state index contributed by atoms with van der Waals surface area (Å²) < 4.78 is 5.52. The molecule has 0 radical (unpaired) electrons. The number of carbonyl (C=O) groups excluding carboxylic acids is 4. The Labute approximate surface area is 149 Å². The SMILES string of the molecule is O=C(CN1C(=O)C(=O)N(Cc2ccco2)C1=O)c1cc(Cl)sc1Cl. The zero-order valence-corrected chi connectivity index (χ0v) is 14.2. The number of nitrogens with zero attached hydrogens (tertiary/aromatic N) is 2. The topological polar surface area (TPSA) is 87.9 Å². The Morgan fingerprint density at radius 2 is 1.88 bits per heavy atom. The standard InChI is InChI=1S/C14H8Cl2N2O5S/c15-10-4-8(11(16)24-10)9(19)6-18-13(21)12(20)17(14(18)22)5-7-2-1-3-23-7/h1-4H,5-6H2. The van der Waals surface area contributed by atoms with Crippen LogP contribution in [0.2, 0.25) is 8.67 Å². The van der Waals surface area contributed by atoms with Crippen LogP contribution in [0.15, 0.2) is 28.9 Å². The van der Waals surface area contributed by atoms with Crippen molar-refractivity contribution in [3.63, 3.8) is 0 Å². The van der Waals surface area contributed by atoms with Crippen molar-refractivity contribution in [1.82, 2.24) is 9.80 Å². The van der Waals surface area contributed by atoms with E-state index in [4.69, 9.17) is 27.6 Å². The first-order chi connectivity index (χ1) is 11.4. The normalized spacial score (nSPS) is 14.8. The average Bonchev–Trinajstić information content (AvgIpc) is 3.21. The van der Waals surface area contributed by atoms with Gasteiger partial charge in [0.2, 0.25) is 0 Å². The maximum atomic E-state index is 12.3. The van der Waals surface area contributed by atoms with Gasteiger partial charge in [0.05, 0.1) is 29.3 Å². The maximum Gasteiger partial charge on any atom is 0.335 e.